The van der Waals surface area contributed by atoms with Gasteiger partial charge in [0.05, 0.1) is 28.9 Å². The minimum Gasteiger partial charge on any atom is -0.494 e. The second-order valence-electron chi connectivity index (χ2n) is 7.96. The van der Waals surface area contributed by atoms with Gasteiger partial charge >= 0.3 is 5.69 Å². The van der Waals surface area contributed by atoms with E-state index >= 15 is 0 Å². The van der Waals surface area contributed by atoms with Gasteiger partial charge in [-0.3, -0.25) is 10.1 Å². The van der Waals surface area contributed by atoms with E-state index in [1.54, 1.807) is 6.20 Å². The summed E-state index contributed by atoms with van der Waals surface area (Å²) in [6.07, 6.45) is 6.79. The predicted molar refractivity (Wildman–Crippen MR) is 124 cm³/mol. The fourth-order valence-corrected chi connectivity index (χ4v) is 4.47. The number of anilines is 2. The van der Waals surface area contributed by atoms with E-state index in [2.05, 4.69) is 39.3 Å². The van der Waals surface area contributed by atoms with Crippen LogP contribution in [0, 0.1) is 15.9 Å². The molecule has 1 N–H and O–H groups in total. The maximum Gasteiger partial charge on any atom is 0.307 e. The number of hydrogen-bond donors (Lipinski definition) is 1. The summed E-state index contributed by atoms with van der Waals surface area (Å²) in [4.78, 5) is 19.6. The van der Waals surface area contributed by atoms with Crippen molar-refractivity contribution in [3.8, 4) is 17.0 Å². The van der Waals surface area contributed by atoms with Crippen LogP contribution in [-0.2, 0) is 19.4 Å². The summed E-state index contributed by atoms with van der Waals surface area (Å²) >= 11 is 0. The van der Waals surface area contributed by atoms with Gasteiger partial charge in [0, 0.05) is 42.0 Å². The molecule has 0 atom stereocenters. The predicted octanol–water partition coefficient (Wildman–Crippen LogP) is 5.41. The maximum absolute atomic E-state index is 14.0. The molecule has 3 heterocycles. The molecule has 0 bridgehead atoms. The SMILES string of the molecule is CCc1cnc(Nc2cc([N+](=O)[O-])c(F)cc2OC)nc1-c1cn2c3c(cccc13)CCC2. The molecule has 168 valence electrons. The highest BCUT2D eigenvalue weighted by atomic mass is 19.1. The van der Waals surface area contributed by atoms with Gasteiger partial charge in [0.1, 0.15) is 5.75 Å². The molecule has 0 fully saturated rings. The molecule has 0 amide bonds. The van der Waals surface area contributed by atoms with Crippen LogP contribution in [0.15, 0.2) is 42.7 Å². The lowest BCUT2D eigenvalue weighted by molar-refractivity contribution is -0.387. The van der Waals surface area contributed by atoms with E-state index in [-0.39, 0.29) is 17.4 Å². The molecule has 8 nitrogen and oxygen atoms in total. The van der Waals surface area contributed by atoms with E-state index in [1.807, 2.05) is 6.92 Å². The number of methoxy groups -OCH3 is 1. The maximum atomic E-state index is 14.0. The van der Waals surface area contributed by atoms with Gasteiger partial charge in [0.2, 0.25) is 11.8 Å². The summed E-state index contributed by atoms with van der Waals surface area (Å²) in [5, 5.41) is 15.3. The number of ether oxygens (including phenoxy) is 1. The molecule has 0 radical (unpaired) electrons. The Morgan fingerprint density at radius 1 is 1.33 bits per heavy atom. The largest absolute Gasteiger partial charge is 0.494 e. The van der Waals surface area contributed by atoms with Gasteiger partial charge in [-0.25, -0.2) is 9.97 Å². The van der Waals surface area contributed by atoms with E-state index in [1.165, 1.54) is 18.2 Å². The molecule has 0 saturated heterocycles. The molecular formula is C24H22FN5O3. The first kappa shape index (κ1) is 20.9. The first-order chi connectivity index (χ1) is 16.0. The normalized spacial score (nSPS) is 12.7. The Morgan fingerprint density at radius 3 is 2.94 bits per heavy atom. The van der Waals surface area contributed by atoms with Gasteiger partial charge in [-0.05, 0) is 30.4 Å². The van der Waals surface area contributed by atoms with E-state index in [9.17, 15) is 14.5 Å². The molecule has 2 aromatic heterocycles. The highest BCUT2D eigenvalue weighted by Crippen LogP contribution is 2.37. The Morgan fingerprint density at radius 2 is 2.18 bits per heavy atom. The topological polar surface area (TPSA) is 95.1 Å². The zero-order chi connectivity index (χ0) is 23.1. The lowest BCUT2D eigenvalue weighted by Gasteiger charge is -2.14. The van der Waals surface area contributed by atoms with E-state index in [0.717, 1.165) is 60.1 Å². The average Bonchev–Trinajstić information content (AvgIpc) is 3.20. The zero-order valence-electron chi connectivity index (χ0n) is 18.3. The minimum absolute atomic E-state index is 0.120. The van der Waals surface area contributed by atoms with Gasteiger partial charge < -0.3 is 14.6 Å². The second-order valence-corrected chi connectivity index (χ2v) is 7.96. The summed E-state index contributed by atoms with van der Waals surface area (Å²) in [5.74, 6) is -0.609. The molecule has 0 unspecified atom stereocenters. The van der Waals surface area contributed by atoms with Gasteiger partial charge in [0.25, 0.3) is 0 Å². The van der Waals surface area contributed by atoms with Crippen LogP contribution in [0.4, 0.5) is 21.7 Å². The fourth-order valence-electron chi connectivity index (χ4n) is 4.47. The molecule has 33 heavy (non-hydrogen) atoms. The van der Waals surface area contributed by atoms with Gasteiger partial charge in [-0.2, -0.15) is 4.39 Å². The smallest absolute Gasteiger partial charge is 0.307 e. The van der Waals surface area contributed by atoms with Crippen molar-refractivity contribution >= 4 is 28.2 Å². The van der Waals surface area contributed by atoms with Crippen LogP contribution < -0.4 is 10.1 Å². The van der Waals surface area contributed by atoms with Crippen molar-refractivity contribution < 1.29 is 14.1 Å². The molecular weight excluding hydrogens is 425 g/mol. The quantitative estimate of drug-likeness (QED) is 0.314. The summed E-state index contributed by atoms with van der Waals surface area (Å²) in [6, 6.07) is 8.42. The highest BCUT2D eigenvalue weighted by molar-refractivity contribution is 5.98. The van der Waals surface area contributed by atoms with Crippen molar-refractivity contribution in [2.24, 2.45) is 0 Å². The Labute approximate surface area is 189 Å². The van der Waals surface area contributed by atoms with Crippen molar-refractivity contribution in [2.75, 3.05) is 12.4 Å². The minimum atomic E-state index is -0.973. The summed E-state index contributed by atoms with van der Waals surface area (Å²) in [6.45, 7) is 3.01. The number of nitro groups is 1. The Kier molecular flexibility index (Phi) is 5.16. The van der Waals surface area contributed by atoms with Gasteiger partial charge in [-0.1, -0.05) is 25.1 Å². The number of nitrogens with zero attached hydrogens (tertiary/aromatic N) is 4. The van der Waals surface area contributed by atoms with Crippen LogP contribution in [0.5, 0.6) is 5.75 Å². The lowest BCUT2D eigenvalue weighted by Crippen LogP contribution is -2.05. The molecule has 0 aliphatic carbocycles. The zero-order valence-corrected chi connectivity index (χ0v) is 18.3. The van der Waals surface area contributed by atoms with Crippen LogP contribution in [0.2, 0.25) is 0 Å². The van der Waals surface area contributed by atoms with Crippen molar-refractivity contribution in [3.63, 3.8) is 0 Å². The number of hydrogen-bond acceptors (Lipinski definition) is 6. The molecule has 4 aromatic rings. The summed E-state index contributed by atoms with van der Waals surface area (Å²) < 4.78 is 21.5. The monoisotopic (exact) mass is 447 g/mol. The van der Waals surface area contributed by atoms with E-state index < -0.39 is 16.4 Å². The van der Waals surface area contributed by atoms with Crippen LogP contribution in [-0.4, -0.2) is 26.6 Å². The first-order valence-electron chi connectivity index (χ1n) is 10.8. The van der Waals surface area contributed by atoms with Crippen LogP contribution in [0.25, 0.3) is 22.2 Å². The number of nitrogens with one attached hydrogen (secondary N) is 1. The van der Waals surface area contributed by atoms with Crippen molar-refractivity contribution in [3.05, 3.63) is 69.8 Å². The third kappa shape index (κ3) is 3.55. The number of aromatic nitrogens is 3. The molecule has 0 saturated carbocycles. The summed E-state index contributed by atoms with van der Waals surface area (Å²) in [5.41, 5.74) is 4.94. The highest BCUT2D eigenvalue weighted by Gasteiger charge is 2.22. The van der Waals surface area contributed by atoms with Crippen LogP contribution in [0.3, 0.4) is 0 Å². The van der Waals surface area contributed by atoms with Crippen molar-refractivity contribution in [1.82, 2.24) is 14.5 Å². The van der Waals surface area contributed by atoms with Gasteiger partial charge in [-0.15, -0.1) is 0 Å². The summed E-state index contributed by atoms with van der Waals surface area (Å²) in [7, 11) is 1.37. The molecule has 1 aliphatic rings. The standard InChI is InChI=1S/C24H22FN5O3/c1-3-14-12-26-24(27-19-11-20(30(31)32)18(25)10-21(19)33-2)28-22(14)17-13-29-9-5-7-15-6-4-8-16(17)23(15)29/h4,6,8,10-13H,3,5,7,9H2,1-2H3,(H,26,27,28). The molecule has 1 aliphatic heterocycles. The Bertz CT molecular complexity index is 1400. The second kappa shape index (κ2) is 8.16. The molecule has 9 heteroatoms. The first-order valence-corrected chi connectivity index (χ1v) is 10.8. The average molecular weight is 447 g/mol. The third-order valence-corrected chi connectivity index (χ3v) is 6.04. The lowest BCUT2D eigenvalue weighted by atomic mass is 10.0. The molecule has 2 aromatic carbocycles. The Balaban J connectivity index is 1.62. The molecule has 0 spiro atoms. The number of halogens is 1. The molecule has 5 rings (SSSR count). The number of para-hydroxylation sites is 1. The number of nitro benzene ring substituents is 1. The van der Waals surface area contributed by atoms with Crippen LogP contribution >= 0.6 is 0 Å². The number of rotatable bonds is 6. The number of benzene rings is 2. The van der Waals surface area contributed by atoms with E-state index in [4.69, 9.17) is 9.72 Å². The van der Waals surface area contributed by atoms with E-state index in [0.29, 0.717) is 0 Å². The van der Waals surface area contributed by atoms with Crippen molar-refractivity contribution in [2.45, 2.75) is 32.7 Å². The van der Waals surface area contributed by atoms with Crippen LogP contribution in [0.1, 0.15) is 24.5 Å². The third-order valence-electron chi connectivity index (χ3n) is 6.04. The van der Waals surface area contributed by atoms with Gasteiger partial charge in [0.15, 0.2) is 0 Å². The Hall–Kier alpha value is -4.01. The van der Waals surface area contributed by atoms with Crippen molar-refractivity contribution in [1.29, 1.82) is 0 Å². The fraction of sp³-hybridized carbons (Fsp3) is 0.250. The number of aryl methyl sites for hydroxylation is 3.